The number of benzene rings is 2. The molecule has 0 saturated carbocycles. The average Bonchev–Trinajstić information content (AvgIpc) is 3.62. The molecule has 2 aromatic carbocycles. The second kappa shape index (κ2) is 10.7. The van der Waals surface area contributed by atoms with Crippen molar-refractivity contribution in [3.8, 4) is 11.1 Å². The minimum absolute atomic E-state index is 0.00771. The molecule has 6 rings (SSSR count). The minimum Gasteiger partial charge on any atom is -0.399 e. The van der Waals surface area contributed by atoms with Gasteiger partial charge < -0.3 is 13.9 Å². The summed E-state index contributed by atoms with van der Waals surface area (Å²) < 4.78 is 14.7. The zero-order chi connectivity index (χ0) is 26.9. The van der Waals surface area contributed by atoms with Gasteiger partial charge in [0.05, 0.1) is 29.5 Å². The first-order valence-electron chi connectivity index (χ1n) is 12.4. The van der Waals surface area contributed by atoms with Gasteiger partial charge in [-0.2, -0.15) is 16.4 Å². The van der Waals surface area contributed by atoms with Gasteiger partial charge in [0.25, 0.3) is 5.56 Å². The van der Waals surface area contributed by atoms with E-state index in [4.69, 9.17) is 9.31 Å². The molecule has 4 heterocycles. The lowest BCUT2D eigenvalue weighted by Gasteiger charge is -2.32. The van der Waals surface area contributed by atoms with E-state index >= 15 is 0 Å². The van der Waals surface area contributed by atoms with Gasteiger partial charge in [0.2, 0.25) is 0 Å². The van der Waals surface area contributed by atoms with Crippen molar-refractivity contribution in [3.05, 3.63) is 104 Å². The van der Waals surface area contributed by atoms with Gasteiger partial charge in [-0.25, -0.2) is 0 Å². The van der Waals surface area contributed by atoms with E-state index in [9.17, 15) is 4.79 Å². The third-order valence-corrected chi connectivity index (χ3v) is 8.28. The molecule has 1 fully saturated rings. The summed E-state index contributed by atoms with van der Waals surface area (Å²) in [4.78, 5) is 11.9. The summed E-state index contributed by atoms with van der Waals surface area (Å²) in [6.45, 7) is 8.80. The van der Waals surface area contributed by atoms with Crippen molar-refractivity contribution in [2.45, 2.75) is 45.4 Å². The van der Waals surface area contributed by atoms with Gasteiger partial charge in [-0.1, -0.05) is 36.4 Å². The van der Waals surface area contributed by atoms with Crippen LogP contribution in [0.3, 0.4) is 0 Å². The summed E-state index contributed by atoms with van der Waals surface area (Å²) in [5.74, 6) is 0. The number of hydrogen-bond acceptors (Lipinski definition) is 5. The molecule has 0 spiro atoms. The van der Waals surface area contributed by atoms with Crippen molar-refractivity contribution in [3.63, 3.8) is 0 Å². The third-order valence-electron chi connectivity index (χ3n) is 7.13. The lowest BCUT2D eigenvalue weighted by Crippen LogP contribution is -2.41. The normalized spacial score (nSPS) is 15.9. The van der Waals surface area contributed by atoms with Gasteiger partial charge in [0, 0.05) is 22.1 Å². The van der Waals surface area contributed by atoms with E-state index in [1.165, 1.54) is 11.1 Å². The Labute approximate surface area is 234 Å². The molecule has 6 nitrogen and oxygen atoms in total. The predicted molar refractivity (Wildman–Crippen MR) is 159 cm³/mol. The maximum Gasteiger partial charge on any atom is 0.494 e. The van der Waals surface area contributed by atoms with Gasteiger partial charge in [0.15, 0.2) is 0 Å². The summed E-state index contributed by atoms with van der Waals surface area (Å²) >= 11 is 5.09. The lowest BCUT2D eigenvalue weighted by molar-refractivity contribution is 0.00578. The number of halogens is 1. The van der Waals surface area contributed by atoms with Crippen LogP contribution in [0.2, 0.25) is 0 Å². The van der Waals surface area contributed by atoms with Crippen LogP contribution >= 0.6 is 27.3 Å². The Morgan fingerprint density at radius 3 is 2.53 bits per heavy atom. The van der Waals surface area contributed by atoms with Crippen LogP contribution in [0.4, 0.5) is 0 Å². The van der Waals surface area contributed by atoms with E-state index in [-0.39, 0.29) is 23.9 Å². The molecule has 1 aliphatic heterocycles. The number of nitrogens with zero attached hydrogens (tertiary/aromatic N) is 2. The standard InChI is InChI=1S/C16H12BrNOS.C13H17BN2O2/c17-14-5-6-16(19)18(10-14)9-12-3-1-2-4-15(12)13-7-8-20-11-13;1-12(2)13(3,4)18-14(17-12)10-6-5-9-8-15-16-11(9)7-10/h1-8,10-11H,9H2;5-8H,1-4H3,(H,15,16). The summed E-state index contributed by atoms with van der Waals surface area (Å²) in [7, 11) is -0.317. The molecule has 194 valence electrons. The van der Waals surface area contributed by atoms with Crippen LogP contribution in [0.25, 0.3) is 22.0 Å². The maximum atomic E-state index is 11.9. The second-order valence-corrected chi connectivity index (χ2v) is 12.0. The van der Waals surface area contributed by atoms with Crippen LogP contribution in [-0.2, 0) is 15.9 Å². The number of H-pyrrole nitrogens is 1. The van der Waals surface area contributed by atoms with Gasteiger partial charge in [-0.05, 0) is 94.7 Å². The fourth-order valence-electron chi connectivity index (χ4n) is 4.25. The first-order valence-corrected chi connectivity index (χ1v) is 14.1. The number of pyridine rings is 1. The lowest BCUT2D eigenvalue weighted by atomic mass is 9.79. The van der Waals surface area contributed by atoms with Crippen molar-refractivity contribution in [1.29, 1.82) is 0 Å². The van der Waals surface area contributed by atoms with Crippen LogP contribution in [0.1, 0.15) is 33.3 Å². The van der Waals surface area contributed by atoms with E-state index in [0.717, 1.165) is 26.4 Å². The maximum absolute atomic E-state index is 11.9. The Kier molecular flexibility index (Phi) is 7.46. The van der Waals surface area contributed by atoms with E-state index < -0.39 is 0 Å². The highest BCUT2D eigenvalue weighted by Crippen LogP contribution is 2.36. The Balaban J connectivity index is 0.000000156. The molecule has 5 aromatic rings. The number of rotatable bonds is 4. The highest BCUT2D eigenvalue weighted by Gasteiger charge is 2.51. The molecule has 1 aliphatic rings. The molecule has 0 radical (unpaired) electrons. The summed E-state index contributed by atoms with van der Waals surface area (Å²) in [5, 5.41) is 12.3. The number of aromatic amines is 1. The molecular formula is C29H29BBrN3O3S. The number of hydrogen-bond donors (Lipinski definition) is 1. The SMILES string of the molecule is CC1(C)OB(c2ccc3cn[nH]c3c2)OC1(C)C.O=c1ccc(Br)cn1Cc1ccccc1-c1ccsc1. The quantitative estimate of drug-likeness (QED) is 0.252. The van der Waals surface area contributed by atoms with Gasteiger partial charge in [-0.15, -0.1) is 0 Å². The third kappa shape index (κ3) is 5.56. The van der Waals surface area contributed by atoms with E-state index in [1.807, 2.05) is 42.7 Å². The zero-order valence-corrected chi connectivity index (χ0v) is 24.2. The topological polar surface area (TPSA) is 69.1 Å². The molecular weight excluding hydrogens is 561 g/mol. The number of fused-ring (bicyclic) bond motifs is 1. The molecule has 38 heavy (non-hydrogen) atoms. The smallest absolute Gasteiger partial charge is 0.399 e. The van der Waals surface area contributed by atoms with Crippen LogP contribution in [0, 0.1) is 0 Å². The Morgan fingerprint density at radius 1 is 1.03 bits per heavy atom. The van der Waals surface area contributed by atoms with Gasteiger partial charge >= 0.3 is 7.12 Å². The van der Waals surface area contributed by atoms with E-state index in [0.29, 0.717) is 6.54 Å². The monoisotopic (exact) mass is 589 g/mol. The number of nitrogens with one attached hydrogen (secondary N) is 1. The van der Waals surface area contributed by atoms with E-state index in [1.54, 1.807) is 28.0 Å². The van der Waals surface area contributed by atoms with Crippen molar-refractivity contribution >= 4 is 50.8 Å². The number of thiophene rings is 1. The Hall–Kier alpha value is -2.98. The summed E-state index contributed by atoms with van der Waals surface area (Å²) in [6.07, 6.45) is 3.64. The van der Waals surface area contributed by atoms with Crippen LogP contribution in [0.5, 0.6) is 0 Å². The van der Waals surface area contributed by atoms with Crippen molar-refractivity contribution in [1.82, 2.24) is 14.8 Å². The minimum atomic E-state index is -0.317. The molecule has 0 bridgehead atoms. The van der Waals surface area contributed by atoms with Crippen LogP contribution < -0.4 is 11.0 Å². The molecule has 3 aromatic heterocycles. The average molecular weight is 590 g/mol. The zero-order valence-electron chi connectivity index (χ0n) is 21.8. The predicted octanol–water partition coefficient (Wildman–Crippen LogP) is 6.25. The highest BCUT2D eigenvalue weighted by atomic mass is 79.9. The first kappa shape index (κ1) is 26.6. The molecule has 1 saturated heterocycles. The first-order chi connectivity index (χ1) is 18.1. The fourth-order valence-corrected chi connectivity index (χ4v) is 5.28. The molecule has 1 N–H and O–H groups in total. The molecule has 9 heteroatoms. The summed E-state index contributed by atoms with van der Waals surface area (Å²) in [6, 6.07) is 19.7. The van der Waals surface area contributed by atoms with Crippen LogP contribution in [-0.4, -0.2) is 33.1 Å². The van der Waals surface area contributed by atoms with Gasteiger partial charge in [0.1, 0.15) is 0 Å². The largest absolute Gasteiger partial charge is 0.494 e. The van der Waals surface area contributed by atoms with Crippen molar-refractivity contribution < 1.29 is 9.31 Å². The highest BCUT2D eigenvalue weighted by molar-refractivity contribution is 9.10. The van der Waals surface area contributed by atoms with Crippen LogP contribution in [0.15, 0.2) is 93.1 Å². The van der Waals surface area contributed by atoms with E-state index in [2.05, 4.69) is 82.8 Å². The summed E-state index contributed by atoms with van der Waals surface area (Å²) in [5.41, 5.74) is 4.95. The Bertz CT molecular complexity index is 1590. The molecule has 0 amide bonds. The molecule has 0 aliphatic carbocycles. The number of aromatic nitrogens is 3. The van der Waals surface area contributed by atoms with Crippen molar-refractivity contribution in [2.75, 3.05) is 0 Å². The fraction of sp³-hybridized carbons (Fsp3) is 0.241. The second-order valence-electron chi connectivity index (χ2n) is 10.3. The van der Waals surface area contributed by atoms with Gasteiger partial charge in [-0.3, -0.25) is 9.89 Å². The Morgan fingerprint density at radius 2 is 1.79 bits per heavy atom. The molecule has 0 atom stereocenters. The molecule has 0 unspecified atom stereocenters. The van der Waals surface area contributed by atoms with Crippen molar-refractivity contribution in [2.24, 2.45) is 0 Å².